The monoisotopic (exact) mass is 277 g/mol. The molecular formula is C16H23NOS. The number of carbonyl (C=O) groups excluding carboxylic acids is 1. The number of nitrogens with zero attached hydrogens (tertiary/aromatic N) is 1. The van der Waals surface area contributed by atoms with Crippen molar-refractivity contribution in [1.82, 2.24) is 4.90 Å². The van der Waals surface area contributed by atoms with Crippen molar-refractivity contribution in [2.24, 2.45) is 5.92 Å². The largest absolute Gasteiger partial charge is 0.335 e. The molecule has 3 rings (SSSR count). The Labute approximate surface area is 119 Å². The summed E-state index contributed by atoms with van der Waals surface area (Å²) in [7, 11) is 0. The third-order valence-electron chi connectivity index (χ3n) is 4.72. The highest BCUT2D eigenvalue weighted by atomic mass is 32.1. The van der Waals surface area contributed by atoms with E-state index < -0.39 is 0 Å². The molecule has 1 atom stereocenters. The van der Waals surface area contributed by atoms with Gasteiger partial charge in [-0.15, -0.1) is 11.3 Å². The summed E-state index contributed by atoms with van der Waals surface area (Å²) in [5, 5.41) is 2.18. The van der Waals surface area contributed by atoms with Gasteiger partial charge >= 0.3 is 0 Å². The van der Waals surface area contributed by atoms with Crippen LogP contribution in [0.3, 0.4) is 0 Å². The van der Waals surface area contributed by atoms with Gasteiger partial charge in [0.1, 0.15) is 0 Å². The Bertz CT molecular complexity index is 447. The summed E-state index contributed by atoms with van der Waals surface area (Å²) in [6.07, 6.45) is 8.12. The number of thiophene rings is 1. The summed E-state index contributed by atoms with van der Waals surface area (Å²) in [5.41, 5.74) is 1.42. The minimum atomic E-state index is 0.308. The molecule has 0 saturated heterocycles. The Balaban J connectivity index is 1.78. The highest BCUT2D eigenvalue weighted by Crippen LogP contribution is 2.37. The first-order chi connectivity index (χ1) is 9.31. The third-order valence-corrected chi connectivity index (χ3v) is 5.72. The maximum absolute atomic E-state index is 12.8. The van der Waals surface area contributed by atoms with Gasteiger partial charge in [0.05, 0.1) is 6.04 Å². The Morgan fingerprint density at radius 1 is 1.37 bits per heavy atom. The summed E-state index contributed by atoms with van der Waals surface area (Å²) < 4.78 is 0. The Kier molecular flexibility index (Phi) is 3.92. The number of fused-ring (bicyclic) bond motifs is 1. The molecule has 1 fully saturated rings. The number of hydrogen-bond donors (Lipinski definition) is 0. The number of amides is 1. The van der Waals surface area contributed by atoms with Crippen LogP contribution < -0.4 is 0 Å². The standard InChI is InChI=1S/C16H23NOS/c1-2-14-13-9-11-19-15(13)8-10-17(14)16(18)12-6-4-3-5-7-12/h9,11-12,14H,2-8,10H2,1H3. The van der Waals surface area contributed by atoms with Gasteiger partial charge in [-0.2, -0.15) is 0 Å². The average molecular weight is 277 g/mol. The molecule has 1 amide bonds. The predicted molar refractivity (Wildman–Crippen MR) is 79.3 cm³/mol. The van der Waals surface area contributed by atoms with Crippen LogP contribution in [0.15, 0.2) is 11.4 Å². The normalized spacial score (nSPS) is 24.3. The lowest BCUT2D eigenvalue weighted by molar-refractivity contribution is -0.139. The topological polar surface area (TPSA) is 20.3 Å². The van der Waals surface area contributed by atoms with Crippen LogP contribution in [0.1, 0.15) is 61.9 Å². The Hall–Kier alpha value is -0.830. The highest BCUT2D eigenvalue weighted by Gasteiger charge is 2.34. The van der Waals surface area contributed by atoms with Gasteiger partial charge in [0.15, 0.2) is 0 Å². The molecule has 2 aliphatic rings. The molecule has 1 unspecified atom stereocenters. The first kappa shape index (κ1) is 13.2. The van der Waals surface area contributed by atoms with Gasteiger partial charge in [-0.05, 0) is 42.7 Å². The van der Waals surface area contributed by atoms with E-state index in [2.05, 4.69) is 23.3 Å². The van der Waals surface area contributed by atoms with Crippen molar-refractivity contribution < 1.29 is 4.79 Å². The average Bonchev–Trinajstić information content (AvgIpc) is 2.94. The molecule has 0 N–H and O–H groups in total. The van der Waals surface area contributed by atoms with E-state index >= 15 is 0 Å². The first-order valence-corrected chi connectivity index (χ1v) is 8.56. The van der Waals surface area contributed by atoms with Gasteiger partial charge < -0.3 is 4.90 Å². The van der Waals surface area contributed by atoms with E-state index in [9.17, 15) is 4.79 Å². The molecule has 1 saturated carbocycles. The molecule has 19 heavy (non-hydrogen) atoms. The molecule has 104 valence electrons. The van der Waals surface area contributed by atoms with E-state index in [1.165, 1.54) is 29.7 Å². The SMILES string of the molecule is CCC1c2ccsc2CCN1C(=O)C1CCCCC1. The van der Waals surface area contributed by atoms with Gasteiger partial charge in [0.2, 0.25) is 5.91 Å². The van der Waals surface area contributed by atoms with E-state index in [1.54, 1.807) is 0 Å². The van der Waals surface area contributed by atoms with Gasteiger partial charge in [0.25, 0.3) is 0 Å². The number of hydrogen-bond acceptors (Lipinski definition) is 2. The number of rotatable bonds is 2. The smallest absolute Gasteiger partial charge is 0.226 e. The van der Waals surface area contributed by atoms with E-state index in [1.807, 2.05) is 11.3 Å². The Morgan fingerprint density at radius 2 is 2.16 bits per heavy atom. The van der Waals surface area contributed by atoms with Crippen LogP contribution in [0.25, 0.3) is 0 Å². The van der Waals surface area contributed by atoms with Crippen molar-refractivity contribution in [2.45, 2.75) is 57.9 Å². The molecule has 0 spiro atoms. The fourth-order valence-electron chi connectivity index (χ4n) is 3.68. The minimum Gasteiger partial charge on any atom is -0.335 e. The van der Waals surface area contributed by atoms with Crippen LogP contribution in [-0.2, 0) is 11.2 Å². The van der Waals surface area contributed by atoms with Crippen LogP contribution in [0, 0.1) is 5.92 Å². The maximum Gasteiger partial charge on any atom is 0.226 e. The second-order valence-electron chi connectivity index (χ2n) is 5.84. The van der Waals surface area contributed by atoms with Crippen molar-refractivity contribution in [3.8, 4) is 0 Å². The van der Waals surface area contributed by atoms with Gasteiger partial charge in [-0.1, -0.05) is 26.2 Å². The van der Waals surface area contributed by atoms with E-state index in [4.69, 9.17) is 0 Å². The number of carbonyl (C=O) groups is 1. The predicted octanol–water partition coefficient (Wildman–Crippen LogP) is 4.16. The molecule has 0 radical (unpaired) electrons. The maximum atomic E-state index is 12.8. The van der Waals surface area contributed by atoms with Crippen molar-refractivity contribution in [1.29, 1.82) is 0 Å². The fraction of sp³-hybridized carbons (Fsp3) is 0.688. The van der Waals surface area contributed by atoms with Crippen molar-refractivity contribution in [2.75, 3.05) is 6.54 Å². The molecule has 1 aliphatic carbocycles. The van der Waals surface area contributed by atoms with Gasteiger partial charge in [-0.3, -0.25) is 4.79 Å². The minimum absolute atomic E-state index is 0.308. The molecule has 1 aromatic heterocycles. The molecular weight excluding hydrogens is 254 g/mol. The molecule has 0 bridgehead atoms. The van der Waals surface area contributed by atoms with Crippen LogP contribution in [0.2, 0.25) is 0 Å². The van der Waals surface area contributed by atoms with Crippen molar-refractivity contribution in [3.63, 3.8) is 0 Å². The highest BCUT2D eigenvalue weighted by molar-refractivity contribution is 7.10. The second kappa shape index (κ2) is 5.66. The summed E-state index contributed by atoms with van der Waals surface area (Å²) >= 11 is 1.86. The zero-order valence-corrected chi connectivity index (χ0v) is 12.5. The van der Waals surface area contributed by atoms with Crippen LogP contribution in [-0.4, -0.2) is 17.4 Å². The van der Waals surface area contributed by atoms with Crippen LogP contribution in [0.4, 0.5) is 0 Å². The molecule has 2 heterocycles. The molecule has 1 aromatic rings. The second-order valence-corrected chi connectivity index (χ2v) is 6.84. The fourth-order valence-corrected chi connectivity index (χ4v) is 4.61. The summed E-state index contributed by atoms with van der Waals surface area (Å²) in [4.78, 5) is 16.5. The summed E-state index contributed by atoms with van der Waals surface area (Å²) in [5.74, 6) is 0.742. The lowest BCUT2D eigenvalue weighted by atomic mass is 9.86. The quantitative estimate of drug-likeness (QED) is 0.794. The molecule has 0 aromatic carbocycles. The zero-order valence-electron chi connectivity index (χ0n) is 11.7. The van der Waals surface area contributed by atoms with E-state index in [0.717, 1.165) is 32.2 Å². The van der Waals surface area contributed by atoms with Crippen molar-refractivity contribution >= 4 is 17.2 Å². The van der Waals surface area contributed by atoms with Gasteiger partial charge in [-0.25, -0.2) is 0 Å². The van der Waals surface area contributed by atoms with Gasteiger partial charge in [0, 0.05) is 17.3 Å². The van der Waals surface area contributed by atoms with Crippen molar-refractivity contribution in [3.05, 3.63) is 21.9 Å². The van der Waals surface area contributed by atoms with E-state index in [-0.39, 0.29) is 0 Å². The van der Waals surface area contributed by atoms with Crippen LogP contribution >= 0.6 is 11.3 Å². The van der Waals surface area contributed by atoms with Crippen LogP contribution in [0.5, 0.6) is 0 Å². The first-order valence-electron chi connectivity index (χ1n) is 7.68. The molecule has 2 nitrogen and oxygen atoms in total. The Morgan fingerprint density at radius 3 is 2.89 bits per heavy atom. The molecule has 3 heteroatoms. The molecule has 1 aliphatic heterocycles. The third kappa shape index (κ3) is 2.45. The lowest BCUT2D eigenvalue weighted by Gasteiger charge is -2.38. The van der Waals surface area contributed by atoms with E-state index in [0.29, 0.717) is 17.9 Å². The lowest BCUT2D eigenvalue weighted by Crippen LogP contribution is -2.43. The summed E-state index contributed by atoms with van der Waals surface area (Å²) in [6, 6.07) is 2.57. The summed E-state index contributed by atoms with van der Waals surface area (Å²) in [6.45, 7) is 3.14. The zero-order chi connectivity index (χ0) is 13.2.